The van der Waals surface area contributed by atoms with Crippen molar-refractivity contribution in [3.8, 4) is 11.3 Å². The zero-order chi connectivity index (χ0) is 18.8. The fraction of sp³-hybridized carbons (Fsp3) is 0.450. The molecule has 2 fully saturated rings. The fourth-order valence-electron chi connectivity index (χ4n) is 3.70. The summed E-state index contributed by atoms with van der Waals surface area (Å²) in [4.78, 5) is 25.9. The molecule has 2 aromatic rings. The van der Waals surface area contributed by atoms with E-state index >= 15 is 0 Å². The number of amides is 1. The quantitative estimate of drug-likeness (QED) is 0.663. The second kappa shape index (κ2) is 7.52. The van der Waals surface area contributed by atoms with Gasteiger partial charge in [-0.05, 0) is 31.6 Å². The van der Waals surface area contributed by atoms with Gasteiger partial charge in [-0.1, -0.05) is 30.3 Å². The van der Waals surface area contributed by atoms with Gasteiger partial charge in [-0.25, -0.2) is 0 Å². The lowest BCUT2D eigenvalue weighted by Crippen LogP contribution is -2.55. The van der Waals surface area contributed by atoms with Gasteiger partial charge in [-0.3, -0.25) is 19.6 Å². The molecule has 0 radical (unpaired) electrons. The number of aliphatic carboxylic acids is 1. The molecule has 0 aliphatic heterocycles. The molecule has 27 heavy (non-hydrogen) atoms. The second-order valence-electron chi connectivity index (χ2n) is 7.59. The van der Waals surface area contributed by atoms with E-state index in [1.165, 1.54) is 12.8 Å². The van der Waals surface area contributed by atoms with Crippen LogP contribution in [0.4, 0.5) is 0 Å². The minimum Gasteiger partial charge on any atom is -0.480 e. The van der Waals surface area contributed by atoms with Crippen molar-refractivity contribution in [1.29, 1.82) is 0 Å². The largest absolute Gasteiger partial charge is 0.480 e. The Balaban J connectivity index is 1.34. The number of hydrogen-bond donors (Lipinski definition) is 3. The van der Waals surface area contributed by atoms with Gasteiger partial charge in [0.05, 0.1) is 24.0 Å². The number of benzene rings is 1. The highest BCUT2D eigenvalue weighted by Gasteiger charge is 2.38. The van der Waals surface area contributed by atoms with Crippen LogP contribution in [-0.2, 0) is 4.79 Å². The third-order valence-corrected chi connectivity index (χ3v) is 5.44. The van der Waals surface area contributed by atoms with E-state index in [0.717, 1.165) is 24.9 Å². The van der Waals surface area contributed by atoms with Gasteiger partial charge in [0.25, 0.3) is 5.91 Å². The first-order chi connectivity index (χ1) is 13.1. The Hall–Kier alpha value is -2.67. The van der Waals surface area contributed by atoms with Crippen molar-refractivity contribution in [3.05, 3.63) is 42.1 Å². The number of hydrogen-bond acceptors (Lipinski definition) is 4. The Morgan fingerprint density at radius 1 is 1.22 bits per heavy atom. The number of rotatable bonds is 8. The van der Waals surface area contributed by atoms with E-state index in [1.807, 2.05) is 30.3 Å². The van der Waals surface area contributed by atoms with Crippen LogP contribution < -0.4 is 5.32 Å². The number of H-pyrrole nitrogens is 1. The van der Waals surface area contributed by atoms with Crippen LogP contribution in [0.2, 0.25) is 0 Å². The zero-order valence-electron chi connectivity index (χ0n) is 15.1. The monoisotopic (exact) mass is 368 g/mol. The molecule has 1 amide bonds. The maximum atomic E-state index is 12.7. The third-order valence-electron chi connectivity index (χ3n) is 5.44. The normalized spacial score (nSPS) is 21.7. The van der Waals surface area contributed by atoms with Gasteiger partial charge < -0.3 is 10.4 Å². The first-order valence-electron chi connectivity index (χ1n) is 9.45. The molecule has 7 heteroatoms. The summed E-state index contributed by atoms with van der Waals surface area (Å²) in [5.41, 5.74) is 2.17. The van der Waals surface area contributed by atoms with Crippen molar-refractivity contribution in [3.63, 3.8) is 0 Å². The van der Waals surface area contributed by atoms with E-state index in [9.17, 15) is 9.59 Å². The predicted molar refractivity (Wildman–Crippen MR) is 100 cm³/mol. The number of nitrogens with one attached hydrogen (secondary N) is 2. The molecule has 1 heterocycles. The fourth-order valence-corrected chi connectivity index (χ4v) is 3.70. The Bertz CT molecular complexity index is 810. The van der Waals surface area contributed by atoms with E-state index in [0.29, 0.717) is 17.2 Å². The molecule has 0 unspecified atom stereocenters. The van der Waals surface area contributed by atoms with Gasteiger partial charge in [0, 0.05) is 24.2 Å². The lowest BCUT2D eigenvalue weighted by Gasteiger charge is -2.42. The molecule has 0 atom stereocenters. The molecule has 0 saturated heterocycles. The van der Waals surface area contributed by atoms with Crippen molar-refractivity contribution in [2.45, 2.75) is 37.8 Å². The predicted octanol–water partition coefficient (Wildman–Crippen LogP) is 2.13. The van der Waals surface area contributed by atoms with Crippen LogP contribution >= 0.6 is 0 Å². The molecule has 3 N–H and O–H groups in total. The molecule has 2 aliphatic carbocycles. The highest BCUT2D eigenvalue weighted by molar-refractivity contribution is 5.99. The van der Waals surface area contributed by atoms with Gasteiger partial charge in [0.15, 0.2) is 0 Å². The average Bonchev–Trinajstić information content (AvgIpc) is 3.29. The number of carbonyl (C=O) groups excluding carboxylic acids is 1. The Labute approximate surface area is 157 Å². The topological polar surface area (TPSA) is 98.3 Å². The van der Waals surface area contributed by atoms with Crippen molar-refractivity contribution in [1.82, 2.24) is 20.4 Å². The number of carboxylic acid groups (broad SMARTS) is 1. The summed E-state index contributed by atoms with van der Waals surface area (Å²) in [7, 11) is 0. The molecular formula is C20H24N4O3. The van der Waals surface area contributed by atoms with Gasteiger partial charge in [-0.15, -0.1) is 0 Å². The van der Waals surface area contributed by atoms with Crippen LogP contribution in [0.3, 0.4) is 0 Å². The smallest absolute Gasteiger partial charge is 0.317 e. The van der Waals surface area contributed by atoms with Gasteiger partial charge >= 0.3 is 5.97 Å². The Morgan fingerprint density at radius 2 is 1.96 bits per heavy atom. The summed E-state index contributed by atoms with van der Waals surface area (Å²) in [6, 6.07) is 9.97. The van der Waals surface area contributed by atoms with Gasteiger partial charge in [-0.2, -0.15) is 5.10 Å². The summed E-state index contributed by atoms with van der Waals surface area (Å²) in [5, 5.41) is 19.1. The molecule has 2 aliphatic rings. The van der Waals surface area contributed by atoms with Crippen molar-refractivity contribution in [2.75, 3.05) is 13.1 Å². The third kappa shape index (κ3) is 4.19. The van der Waals surface area contributed by atoms with E-state index < -0.39 is 5.97 Å². The second-order valence-corrected chi connectivity index (χ2v) is 7.59. The molecular weight excluding hydrogens is 344 g/mol. The van der Waals surface area contributed by atoms with Crippen molar-refractivity contribution < 1.29 is 14.7 Å². The van der Waals surface area contributed by atoms with Crippen LogP contribution in [-0.4, -0.2) is 57.3 Å². The highest BCUT2D eigenvalue weighted by atomic mass is 16.4. The molecule has 1 aromatic heterocycles. The minimum atomic E-state index is -0.783. The van der Waals surface area contributed by atoms with E-state index in [2.05, 4.69) is 20.4 Å². The number of carboxylic acids is 1. The summed E-state index contributed by atoms with van der Waals surface area (Å²) < 4.78 is 0. The summed E-state index contributed by atoms with van der Waals surface area (Å²) >= 11 is 0. The van der Waals surface area contributed by atoms with Crippen LogP contribution in [0.1, 0.15) is 36.0 Å². The number of aromatic nitrogens is 2. The molecule has 4 rings (SSSR count). The number of aromatic amines is 1. The summed E-state index contributed by atoms with van der Waals surface area (Å²) in [6.45, 7) is 0.944. The first-order valence-corrected chi connectivity index (χ1v) is 9.45. The first kappa shape index (κ1) is 17.7. The van der Waals surface area contributed by atoms with Gasteiger partial charge in [0.2, 0.25) is 0 Å². The van der Waals surface area contributed by atoms with E-state index in [4.69, 9.17) is 5.11 Å². The van der Waals surface area contributed by atoms with Crippen LogP contribution in [0.25, 0.3) is 11.3 Å². The van der Waals surface area contributed by atoms with Crippen LogP contribution in [0, 0.1) is 5.92 Å². The molecule has 0 bridgehead atoms. The Morgan fingerprint density at radius 3 is 2.63 bits per heavy atom. The summed E-state index contributed by atoms with van der Waals surface area (Å²) in [5.74, 6) is -0.274. The molecule has 1 aromatic carbocycles. The molecule has 142 valence electrons. The maximum Gasteiger partial charge on any atom is 0.317 e. The maximum absolute atomic E-state index is 12.7. The Kier molecular flexibility index (Phi) is 4.94. The lowest BCUT2D eigenvalue weighted by atomic mass is 9.85. The molecule has 2 saturated carbocycles. The average molecular weight is 368 g/mol. The van der Waals surface area contributed by atoms with Crippen molar-refractivity contribution >= 4 is 11.9 Å². The summed E-state index contributed by atoms with van der Waals surface area (Å²) in [6.07, 6.45) is 5.55. The minimum absolute atomic E-state index is 0.0801. The van der Waals surface area contributed by atoms with Crippen LogP contribution in [0.5, 0.6) is 0 Å². The SMILES string of the molecule is O=C(O)CN(CC1CC1)C1CC(NC(=O)c2cn[nH]c2-c2ccccc2)C1. The van der Waals surface area contributed by atoms with Gasteiger partial charge in [0.1, 0.15) is 0 Å². The number of carbonyl (C=O) groups is 2. The van der Waals surface area contributed by atoms with Crippen molar-refractivity contribution in [2.24, 2.45) is 5.92 Å². The van der Waals surface area contributed by atoms with E-state index in [1.54, 1.807) is 6.20 Å². The highest BCUT2D eigenvalue weighted by Crippen LogP contribution is 2.34. The van der Waals surface area contributed by atoms with E-state index in [-0.39, 0.29) is 24.5 Å². The molecule has 0 spiro atoms. The number of nitrogens with zero attached hydrogens (tertiary/aromatic N) is 2. The lowest BCUT2D eigenvalue weighted by molar-refractivity contribution is -0.139. The standard InChI is InChI=1S/C20H24N4O3/c25-18(26)12-24(11-13-6-7-13)16-8-15(9-16)22-20(27)17-10-21-23-19(17)14-4-2-1-3-5-14/h1-5,10,13,15-16H,6-9,11-12H2,(H,21,23)(H,22,27)(H,25,26). The molecule has 7 nitrogen and oxygen atoms in total. The van der Waals surface area contributed by atoms with Crippen LogP contribution in [0.15, 0.2) is 36.5 Å². The zero-order valence-corrected chi connectivity index (χ0v) is 15.1.